The number of ether oxygens (including phenoxy) is 2. The highest BCUT2D eigenvalue weighted by atomic mass is 16.5. The number of nitrogens with zero attached hydrogens (tertiary/aromatic N) is 1. The first-order valence-corrected chi connectivity index (χ1v) is 22.7. The molecule has 3 heterocycles. The van der Waals surface area contributed by atoms with Crippen LogP contribution in [0.3, 0.4) is 0 Å². The Hall–Kier alpha value is -8.60. The van der Waals surface area contributed by atoms with Crippen LogP contribution in [0.5, 0.6) is 23.0 Å². The molecule has 2 aliphatic carbocycles. The van der Waals surface area contributed by atoms with Crippen LogP contribution in [0.4, 0.5) is 17.1 Å². The van der Waals surface area contributed by atoms with E-state index in [-0.39, 0.29) is 0 Å². The van der Waals surface area contributed by atoms with E-state index in [1.165, 1.54) is 44.5 Å². The average molecular weight is 844 g/mol. The van der Waals surface area contributed by atoms with E-state index >= 15 is 0 Å². The summed E-state index contributed by atoms with van der Waals surface area (Å²) in [6.07, 6.45) is 0. The summed E-state index contributed by atoms with van der Waals surface area (Å²) in [6.45, 7) is 0. The van der Waals surface area contributed by atoms with E-state index in [0.717, 1.165) is 84.3 Å². The monoisotopic (exact) mass is 843 g/mol. The summed E-state index contributed by atoms with van der Waals surface area (Å²) in [5.41, 5.74) is 18.0. The van der Waals surface area contributed by atoms with E-state index < -0.39 is 10.8 Å². The van der Waals surface area contributed by atoms with Gasteiger partial charge in [-0.2, -0.15) is 0 Å². The number of para-hydroxylation sites is 5. The number of hydrogen-bond acceptors (Lipinski definition) is 4. The molecule has 15 rings (SSSR count). The van der Waals surface area contributed by atoms with Crippen LogP contribution in [0, 0.1) is 0 Å². The van der Waals surface area contributed by atoms with Crippen molar-refractivity contribution in [2.24, 2.45) is 0 Å². The zero-order chi connectivity index (χ0) is 43.1. The normalized spacial score (nSPS) is 14.5. The fraction of sp³-hybridized carbons (Fsp3) is 0.0323. The molecule has 4 nitrogen and oxygen atoms in total. The molecule has 0 saturated carbocycles. The Labute approximate surface area is 381 Å². The zero-order valence-electron chi connectivity index (χ0n) is 35.5. The number of fused-ring (bicyclic) bond motifs is 21. The van der Waals surface area contributed by atoms with Crippen molar-refractivity contribution in [3.05, 3.63) is 269 Å². The van der Waals surface area contributed by atoms with Gasteiger partial charge in [-0.25, -0.2) is 0 Å². The molecule has 0 unspecified atom stereocenters. The fourth-order valence-corrected chi connectivity index (χ4v) is 12.3. The van der Waals surface area contributed by atoms with Crippen molar-refractivity contribution in [2.45, 2.75) is 10.8 Å². The summed E-state index contributed by atoms with van der Waals surface area (Å²) in [5.74, 6) is 3.51. The number of furan rings is 1. The molecule has 308 valence electrons. The maximum Gasteiger partial charge on any atom is 0.137 e. The molecule has 0 atom stereocenters. The lowest BCUT2D eigenvalue weighted by Gasteiger charge is -2.40. The van der Waals surface area contributed by atoms with Crippen LogP contribution >= 0.6 is 0 Å². The summed E-state index contributed by atoms with van der Waals surface area (Å²) in [4.78, 5) is 2.42. The first-order chi connectivity index (χ1) is 32.7. The molecule has 0 N–H and O–H groups in total. The third kappa shape index (κ3) is 4.48. The molecule has 1 aromatic heterocycles. The zero-order valence-corrected chi connectivity index (χ0v) is 35.5. The molecule has 0 radical (unpaired) electrons. The molecule has 2 aliphatic heterocycles. The molecular formula is C62H37NO3. The summed E-state index contributed by atoms with van der Waals surface area (Å²) in [6, 6.07) is 81.2. The van der Waals surface area contributed by atoms with Gasteiger partial charge in [-0.3, -0.25) is 0 Å². The quantitative estimate of drug-likeness (QED) is 0.177. The molecule has 2 spiro atoms. The van der Waals surface area contributed by atoms with Crippen LogP contribution < -0.4 is 14.4 Å². The Kier molecular flexibility index (Phi) is 7.05. The summed E-state index contributed by atoms with van der Waals surface area (Å²) in [5, 5.41) is 2.20. The maximum atomic E-state index is 6.71. The van der Waals surface area contributed by atoms with Crippen LogP contribution in [0.1, 0.15) is 44.5 Å². The van der Waals surface area contributed by atoms with Crippen LogP contribution in [-0.4, -0.2) is 0 Å². The van der Waals surface area contributed by atoms with E-state index in [9.17, 15) is 0 Å². The second-order valence-electron chi connectivity index (χ2n) is 17.9. The SMILES string of the molecule is c1ccc2c(c1)Oc1ccccc1C21c2ccccc2-c2cc(N(c3ccc4c(c3)C3(c5ccccc5Oc5ccccc53)c3ccccc3-4)c3ccc4c(c3)oc3ccccc34)ccc21. The minimum Gasteiger partial charge on any atom is -0.457 e. The molecule has 4 aliphatic rings. The minimum absolute atomic E-state index is 0.566. The Balaban J connectivity index is 1.01. The summed E-state index contributed by atoms with van der Waals surface area (Å²) < 4.78 is 20.0. The highest BCUT2D eigenvalue weighted by Gasteiger charge is 2.53. The van der Waals surface area contributed by atoms with Gasteiger partial charge in [0.2, 0.25) is 0 Å². The van der Waals surface area contributed by atoms with Crippen molar-refractivity contribution in [2.75, 3.05) is 4.90 Å². The minimum atomic E-state index is -0.616. The average Bonchev–Trinajstić information content (AvgIpc) is 3.99. The van der Waals surface area contributed by atoms with E-state index in [2.05, 4.69) is 217 Å². The van der Waals surface area contributed by atoms with Crippen LogP contribution in [0.15, 0.2) is 229 Å². The molecule has 66 heavy (non-hydrogen) atoms. The highest BCUT2D eigenvalue weighted by molar-refractivity contribution is 6.06. The van der Waals surface area contributed by atoms with Gasteiger partial charge in [-0.15, -0.1) is 0 Å². The van der Waals surface area contributed by atoms with E-state index in [1.54, 1.807) is 0 Å². The lowest BCUT2D eigenvalue weighted by atomic mass is 9.66. The molecule has 4 heteroatoms. The van der Waals surface area contributed by atoms with Crippen molar-refractivity contribution < 1.29 is 13.9 Å². The Bertz CT molecular complexity index is 3790. The van der Waals surface area contributed by atoms with Crippen LogP contribution in [-0.2, 0) is 10.8 Å². The van der Waals surface area contributed by atoms with Crippen molar-refractivity contribution in [1.29, 1.82) is 0 Å². The Morgan fingerprint density at radius 2 is 0.682 bits per heavy atom. The topological polar surface area (TPSA) is 34.8 Å². The molecule has 10 aromatic carbocycles. The standard InChI is InChI=1S/C62H37NO3/c1-4-18-47-41(15-1)43-32-29-39(36-54(43)62(47)52-22-8-13-27-58(52)66-59-28-14-9-23-53(59)62)63(40-30-33-45-44-17-3-10-24-55(44)64-60(45)37-40)38-31-34-49-46(35-38)42-16-2-5-19-48(42)61(49)50-20-6-11-25-56(50)65-57-26-12-7-21-51(57)61/h1-37H. The molecule has 0 fully saturated rings. The van der Waals surface area contributed by atoms with Crippen molar-refractivity contribution in [3.8, 4) is 45.3 Å². The number of benzene rings is 10. The molecule has 0 bridgehead atoms. The number of rotatable bonds is 3. The summed E-state index contributed by atoms with van der Waals surface area (Å²) >= 11 is 0. The molecule has 11 aromatic rings. The smallest absolute Gasteiger partial charge is 0.137 e. The predicted molar refractivity (Wildman–Crippen MR) is 263 cm³/mol. The molecule has 0 saturated heterocycles. The molecule has 0 amide bonds. The van der Waals surface area contributed by atoms with Crippen molar-refractivity contribution in [1.82, 2.24) is 0 Å². The second kappa shape index (κ2) is 13.0. The highest BCUT2D eigenvalue weighted by Crippen LogP contribution is 2.65. The lowest BCUT2D eigenvalue weighted by Crippen LogP contribution is -2.32. The Morgan fingerprint density at radius 3 is 1.30 bits per heavy atom. The fourth-order valence-electron chi connectivity index (χ4n) is 12.3. The van der Waals surface area contributed by atoms with Gasteiger partial charge in [0.05, 0.1) is 10.8 Å². The van der Waals surface area contributed by atoms with Gasteiger partial charge in [-0.05, 0) is 111 Å². The van der Waals surface area contributed by atoms with E-state index in [4.69, 9.17) is 13.9 Å². The molecular weight excluding hydrogens is 807 g/mol. The number of anilines is 3. The van der Waals surface area contributed by atoms with Gasteiger partial charge in [0.1, 0.15) is 34.2 Å². The van der Waals surface area contributed by atoms with Gasteiger partial charge in [0.15, 0.2) is 0 Å². The van der Waals surface area contributed by atoms with Gasteiger partial charge in [0.25, 0.3) is 0 Å². The van der Waals surface area contributed by atoms with Gasteiger partial charge in [0, 0.05) is 56.2 Å². The van der Waals surface area contributed by atoms with Crippen molar-refractivity contribution >= 4 is 39.0 Å². The largest absolute Gasteiger partial charge is 0.457 e. The third-order valence-corrected chi connectivity index (χ3v) is 14.8. The first-order valence-electron chi connectivity index (χ1n) is 22.7. The Morgan fingerprint density at radius 1 is 0.273 bits per heavy atom. The third-order valence-electron chi connectivity index (χ3n) is 14.8. The van der Waals surface area contributed by atoms with Gasteiger partial charge >= 0.3 is 0 Å². The van der Waals surface area contributed by atoms with Gasteiger partial charge in [-0.1, -0.05) is 152 Å². The van der Waals surface area contributed by atoms with E-state index in [0.29, 0.717) is 0 Å². The maximum absolute atomic E-state index is 6.71. The van der Waals surface area contributed by atoms with Crippen LogP contribution in [0.25, 0.3) is 44.2 Å². The number of hydrogen-bond donors (Lipinski definition) is 0. The van der Waals surface area contributed by atoms with Crippen molar-refractivity contribution in [3.63, 3.8) is 0 Å². The predicted octanol–water partition coefficient (Wildman–Crippen LogP) is 16.0. The first kappa shape index (κ1) is 35.8. The summed E-state index contributed by atoms with van der Waals surface area (Å²) in [7, 11) is 0. The van der Waals surface area contributed by atoms with Crippen LogP contribution in [0.2, 0.25) is 0 Å². The lowest BCUT2D eigenvalue weighted by molar-refractivity contribution is 0.436. The second-order valence-corrected chi connectivity index (χ2v) is 17.9. The van der Waals surface area contributed by atoms with E-state index in [1.807, 2.05) is 12.1 Å². The van der Waals surface area contributed by atoms with Gasteiger partial charge < -0.3 is 18.8 Å².